The van der Waals surface area contributed by atoms with E-state index in [1.165, 1.54) is 30.5 Å². The predicted octanol–water partition coefficient (Wildman–Crippen LogP) is 3.84. The van der Waals surface area contributed by atoms with Crippen LogP contribution in [0.4, 0.5) is 10.1 Å². The maximum Gasteiger partial charge on any atom is 0.271 e. The molecule has 2 N–H and O–H groups in total. The Morgan fingerprint density at radius 2 is 1.59 bits per heavy atom. The number of carbonyl (C=O) groups is 2. The van der Waals surface area contributed by atoms with Gasteiger partial charge in [-0.15, -0.1) is 0 Å². The summed E-state index contributed by atoms with van der Waals surface area (Å²) < 4.78 is 13.7. The van der Waals surface area contributed by atoms with Crippen molar-refractivity contribution in [1.82, 2.24) is 5.43 Å². The molecule has 0 bridgehead atoms. The van der Waals surface area contributed by atoms with Crippen molar-refractivity contribution < 1.29 is 14.0 Å². The van der Waals surface area contributed by atoms with Crippen LogP contribution >= 0.6 is 0 Å². The van der Waals surface area contributed by atoms with Crippen LogP contribution in [0.25, 0.3) is 0 Å². The Hall–Kier alpha value is -3.80. The lowest BCUT2D eigenvalue weighted by atomic mass is 10.1. The third kappa shape index (κ3) is 4.85. The van der Waals surface area contributed by atoms with E-state index >= 15 is 0 Å². The first-order chi connectivity index (χ1) is 13.1. The van der Waals surface area contributed by atoms with Gasteiger partial charge in [-0.05, 0) is 35.9 Å². The van der Waals surface area contributed by atoms with Crippen molar-refractivity contribution in [3.05, 3.63) is 101 Å². The molecule has 0 saturated heterocycles. The number of nitrogens with zero attached hydrogens (tertiary/aromatic N) is 1. The number of nitrogens with one attached hydrogen (secondary N) is 2. The van der Waals surface area contributed by atoms with E-state index in [9.17, 15) is 14.0 Å². The average molecular weight is 361 g/mol. The Kier molecular flexibility index (Phi) is 5.69. The van der Waals surface area contributed by atoms with E-state index in [0.717, 1.165) is 5.56 Å². The molecule has 3 aromatic rings. The van der Waals surface area contributed by atoms with Gasteiger partial charge in [0.2, 0.25) is 0 Å². The number of amides is 2. The van der Waals surface area contributed by atoms with Gasteiger partial charge in [-0.2, -0.15) is 5.10 Å². The summed E-state index contributed by atoms with van der Waals surface area (Å²) >= 11 is 0. The van der Waals surface area contributed by atoms with Crippen LogP contribution in [0.2, 0.25) is 0 Å². The molecule has 2 amide bonds. The van der Waals surface area contributed by atoms with E-state index in [1.54, 1.807) is 24.3 Å². The van der Waals surface area contributed by atoms with Crippen LogP contribution in [0.3, 0.4) is 0 Å². The van der Waals surface area contributed by atoms with Crippen LogP contribution < -0.4 is 10.7 Å². The summed E-state index contributed by atoms with van der Waals surface area (Å²) in [6.45, 7) is 0. The lowest BCUT2D eigenvalue weighted by Crippen LogP contribution is -2.18. The summed E-state index contributed by atoms with van der Waals surface area (Å²) in [6, 6.07) is 21.3. The van der Waals surface area contributed by atoms with E-state index in [-0.39, 0.29) is 5.56 Å². The zero-order chi connectivity index (χ0) is 19.1. The van der Waals surface area contributed by atoms with Crippen LogP contribution in [0.15, 0.2) is 84.0 Å². The molecule has 0 aromatic heterocycles. The fraction of sp³-hybridized carbons (Fsp3) is 0. The van der Waals surface area contributed by atoms with Gasteiger partial charge in [0.15, 0.2) is 0 Å². The molecule has 27 heavy (non-hydrogen) atoms. The highest BCUT2D eigenvalue weighted by Gasteiger charge is 2.12. The number of hydrogen-bond acceptors (Lipinski definition) is 3. The summed E-state index contributed by atoms with van der Waals surface area (Å²) in [5.74, 6) is -1.63. The Morgan fingerprint density at radius 3 is 2.37 bits per heavy atom. The van der Waals surface area contributed by atoms with Gasteiger partial charge in [-0.3, -0.25) is 9.59 Å². The average Bonchev–Trinajstić information content (AvgIpc) is 2.69. The van der Waals surface area contributed by atoms with Crippen molar-refractivity contribution in [2.75, 3.05) is 5.32 Å². The molecule has 5 nitrogen and oxygen atoms in total. The summed E-state index contributed by atoms with van der Waals surface area (Å²) in [4.78, 5) is 24.4. The Labute approximate surface area is 155 Å². The van der Waals surface area contributed by atoms with E-state index in [2.05, 4.69) is 15.8 Å². The fourth-order valence-electron chi connectivity index (χ4n) is 2.35. The van der Waals surface area contributed by atoms with Gasteiger partial charge in [0.05, 0.1) is 11.8 Å². The first-order valence-corrected chi connectivity index (χ1v) is 8.18. The minimum atomic E-state index is -0.612. The van der Waals surface area contributed by atoms with Gasteiger partial charge in [0, 0.05) is 11.3 Å². The molecular formula is C21H16FN3O2. The van der Waals surface area contributed by atoms with Crippen molar-refractivity contribution in [1.29, 1.82) is 0 Å². The van der Waals surface area contributed by atoms with Gasteiger partial charge in [0.25, 0.3) is 11.8 Å². The zero-order valence-corrected chi connectivity index (χ0v) is 14.2. The number of anilines is 1. The number of carbonyl (C=O) groups excluding carboxylic acids is 2. The molecule has 0 atom stereocenters. The SMILES string of the molecule is O=C(NN=Cc1ccccc1)c1cccc(NC(=O)c2ccccc2F)c1. The van der Waals surface area contributed by atoms with Crippen LogP contribution in [0, 0.1) is 5.82 Å². The van der Waals surface area contributed by atoms with E-state index < -0.39 is 17.6 Å². The summed E-state index contributed by atoms with van der Waals surface area (Å²) in [5.41, 5.74) is 3.90. The summed E-state index contributed by atoms with van der Waals surface area (Å²) in [7, 11) is 0. The quantitative estimate of drug-likeness (QED) is 0.535. The number of benzene rings is 3. The molecule has 3 aromatic carbocycles. The highest BCUT2D eigenvalue weighted by Crippen LogP contribution is 2.14. The molecule has 0 aliphatic heterocycles. The highest BCUT2D eigenvalue weighted by atomic mass is 19.1. The first-order valence-electron chi connectivity index (χ1n) is 8.18. The maximum absolute atomic E-state index is 13.7. The minimum Gasteiger partial charge on any atom is -0.322 e. The maximum atomic E-state index is 13.7. The zero-order valence-electron chi connectivity index (χ0n) is 14.2. The molecule has 0 fully saturated rings. The van der Waals surface area contributed by atoms with Crippen molar-refractivity contribution in [3.63, 3.8) is 0 Å². The fourth-order valence-corrected chi connectivity index (χ4v) is 2.35. The topological polar surface area (TPSA) is 70.6 Å². The standard InChI is InChI=1S/C21H16FN3O2/c22-19-12-5-4-11-18(19)21(27)24-17-10-6-9-16(13-17)20(26)25-23-14-15-7-2-1-3-8-15/h1-14H,(H,24,27)(H,25,26). The molecule has 3 rings (SSSR count). The molecule has 6 heteroatoms. The van der Waals surface area contributed by atoms with Crippen LogP contribution in [-0.2, 0) is 0 Å². The van der Waals surface area contributed by atoms with Crippen LogP contribution in [-0.4, -0.2) is 18.0 Å². The monoisotopic (exact) mass is 361 g/mol. The molecule has 134 valence electrons. The largest absolute Gasteiger partial charge is 0.322 e. The lowest BCUT2D eigenvalue weighted by molar-refractivity contribution is 0.0953. The third-order valence-electron chi connectivity index (χ3n) is 3.68. The highest BCUT2D eigenvalue weighted by molar-refractivity contribution is 6.05. The molecule has 0 heterocycles. The van der Waals surface area contributed by atoms with Gasteiger partial charge in [-0.25, -0.2) is 9.82 Å². The van der Waals surface area contributed by atoms with Gasteiger partial charge >= 0.3 is 0 Å². The predicted molar refractivity (Wildman–Crippen MR) is 102 cm³/mol. The molecular weight excluding hydrogens is 345 g/mol. The molecule has 0 radical (unpaired) electrons. The smallest absolute Gasteiger partial charge is 0.271 e. The molecule has 0 spiro atoms. The Morgan fingerprint density at radius 1 is 0.852 bits per heavy atom. The second-order valence-electron chi connectivity index (χ2n) is 5.62. The second-order valence-corrected chi connectivity index (χ2v) is 5.62. The van der Waals surface area contributed by atoms with Crippen molar-refractivity contribution in [2.24, 2.45) is 5.10 Å². The van der Waals surface area contributed by atoms with Crippen molar-refractivity contribution in [2.45, 2.75) is 0 Å². The van der Waals surface area contributed by atoms with Crippen molar-refractivity contribution >= 4 is 23.7 Å². The van der Waals surface area contributed by atoms with Crippen LogP contribution in [0.1, 0.15) is 26.3 Å². The molecule has 0 saturated carbocycles. The number of hydrazone groups is 1. The van der Waals surface area contributed by atoms with Crippen molar-refractivity contribution in [3.8, 4) is 0 Å². The van der Waals surface area contributed by atoms with Gasteiger partial charge in [0.1, 0.15) is 5.82 Å². The number of rotatable bonds is 5. The normalized spacial score (nSPS) is 10.6. The van der Waals surface area contributed by atoms with E-state index in [0.29, 0.717) is 11.3 Å². The molecule has 0 aliphatic rings. The summed E-state index contributed by atoms with van der Waals surface area (Å²) in [6.07, 6.45) is 1.53. The third-order valence-corrected chi connectivity index (χ3v) is 3.68. The second kappa shape index (κ2) is 8.53. The van der Waals surface area contributed by atoms with E-state index in [1.807, 2.05) is 30.3 Å². The molecule has 0 aliphatic carbocycles. The lowest BCUT2D eigenvalue weighted by Gasteiger charge is -2.07. The summed E-state index contributed by atoms with van der Waals surface area (Å²) in [5, 5.41) is 6.49. The van der Waals surface area contributed by atoms with Crippen LogP contribution in [0.5, 0.6) is 0 Å². The molecule has 0 unspecified atom stereocenters. The van der Waals surface area contributed by atoms with E-state index in [4.69, 9.17) is 0 Å². The first kappa shape index (κ1) is 18.0. The van der Waals surface area contributed by atoms with Gasteiger partial charge < -0.3 is 5.32 Å². The number of halogens is 1. The Balaban J connectivity index is 1.66. The number of hydrogen-bond donors (Lipinski definition) is 2. The minimum absolute atomic E-state index is 0.0696. The van der Waals surface area contributed by atoms with Gasteiger partial charge in [-0.1, -0.05) is 48.5 Å². The Bertz CT molecular complexity index is 987.